The molecule has 0 aromatic heterocycles. The van der Waals surface area contributed by atoms with Crippen molar-refractivity contribution in [3.05, 3.63) is 65.2 Å². The first-order valence-electron chi connectivity index (χ1n) is 7.90. The Morgan fingerprint density at radius 1 is 1.00 bits per heavy atom. The number of hydrogen-bond donors (Lipinski definition) is 1. The molecular formula is C19H23NO. The minimum absolute atomic E-state index is 0.139. The zero-order chi connectivity index (χ0) is 14.7. The molecular weight excluding hydrogens is 258 g/mol. The predicted molar refractivity (Wildman–Crippen MR) is 86.7 cm³/mol. The maximum Gasteiger partial charge on any atom is 0.126 e. The maximum atomic E-state index is 6.30. The van der Waals surface area contributed by atoms with E-state index in [0.717, 1.165) is 25.1 Å². The number of nitrogens with one attached hydrogen (secondary N) is 1. The molecule has 0 radical (unpaired) electrons. The van der Waals surface area contributed by atoms with E-state index in [1.165, 1.54) is 16.7 Å². The Bertz CT molecular complexity index is 608. The van der Waals surface area contributed by atoms with Crippen LogP contribution in [0, 0.1) is 0 Å². The summed E-state index contributed by atoms with van der Waals surface area (Å²) in [5.41, 5.74) is 4.00. The van der Waals surface area contributed by atoms with Gasteiger partial charge in [-0.1, -0.05) is 56.3 Å². The van der Waals surface area contributed by atoms with Crippen molar-refractivity contribution in [2.75, 3.05) is 6.54 Å². The van der Waals surface area contributed by atoms with Crippen LogP contribution in [0.15, 0.2) is 48.5 Å². The standard InChI is InChI=1S/C19H23NO/c1-3-14-9-5-6-10-15(14)19-13-17(20-4-2)16-11-7-8-12-18(16)21-19/h5-12,17,19-20H,3-4,13H2,1-2H3. The Hall–Kier alpha value is -1.80. The van der Waals surface area contributed by atoms with Crippen molar-refractivity contribution >= 4 is 0 Å². The highest BCUT2D eigenvalue weighted by molar-refractivity contribution is 5.40. The first kappa shape index (κ1) is 14.2. The zero-order valence-electron chi connectivity index (χ0n) is 12.8. The molecule has 0 saturated heterocycles. The van der Waals surface area contributed by atoms with E-state index in [2.05, 4.69) is 67.7 Å². The third-order valence-electron chi connectivity index (χ3n) is 4.25. The molecule has 110 valence electrons. The number of rotatable bonds is 4. The van der Waals surface area contributed by atoms with E-state index in [1.807, 2.05) is 0 Å². The Morgan fingerprint density at radius 3 is 2.48 bits per heavy atom. The average Bonchev–Trinajstić information content (AvgIpc) is 2.55. The van der Waals surface area contributed by atoms with Gasteiger partial charge in [-0.2, -0.15) is 0 Å². The fourth-order valence-corrected chi connectivity index (χ4v) is 3.22. The van der Waals surface area contributed by atoms with Gasteiger partial charge >= 0.3 is 0 Å². The molecule has 2 heteroatoms. The molecule has 1 aliphatic heterocycles. The highest BCUT2D eigenvalue weighted by atomic mass is 16.5. The van der Waals surface area contributed by atoms with Gasteiger partial charge in [0, 0.05) is 18.0 Å². The molecule has 1 aliphatic rings. The number of ether oxygens (including phenoxy) is 1. The first-order chi connectivity index (χ1) is 10.3. The van der Waals surface area contributed by atoms with Gasteiger partial charge in [-0.25, -0.2) is 0 Å². The van der Waals surface area contributed by atoms with Gasteiger partial charge in [-0.15, -0.1) is 0 Å². The van der Waals surface area contributed by atoms with Crippen LogP contribution in [-0.2, 0) is 6.42 Å². The SMILES string of the molecule is CCNC1CC(c2ccccc2CC)Oc2ccccc21. The molecule has 21 heavy (non-hydrogen) atoms. The second-order valence-corrected chi connectivity index (χ2v) is 5.54. The summed E-state index contributed by atoms with van der Waals surface area (Å²) in [7, 11) is 0. The van der Waals surface area contributed by atoms with Gasteiger partial charge in [-0.05, 0) is 30.2 Å². The van der Waals surface area contributed by atoms with Crippen molar-refractivity contribution < 1.29 is 4.74 Å². The van der Waals surface area contributed by atoms with Crippen LogP contribution in [0.25, 0.3) is 0 Å². The van der Waals surface area contributed by atoms with E-state index in [9.17, 15) is 0 Å². The van der Waals surface area contributed by atoms with Crippen molar-refractivity contribution in [1.82, 2.24) is 5.32 Å². The summed E-state index contributed by atoms with van der Waals surface area (Å²) in [6, 6.07) is 17.4. The molecule has 2 nitrogen and oxygen atoms in total. The van der Waals surface area contributed by atoms with Crippen LogP contribution in [0.5, 0.6) is 5.75 Å². The number of aryl methyl sites for hydroxylation is 1. The topological polar surface area (TPSA) is 21.3 Å². The average molecular weight is 281 g/mol. The van der Waals surface area contributed by atoms with E-state index in [-0.39, 0.29) is 6.10 Å². The monoisotopic (exact) mass is 281 g/mol. The summed E-state index contributed by atoms with van der Waals surface area (Å²) >= 11 is 0. The number of hydrogen-bond acceptors (Lipinski definition) is 2. The molecule has 3 rings (SSSR count). The first-order valence-corrected chi connectivity index (χ1v) is 7.90. The van der Waals surface area contributed by atoms with Crippen LogP contribution in [0.2, 0.25) is 0 Å². The van der Waals surface area contributed by atoms with Crippen LogP contribution in [0.4, 0.5) is 0 Å². The molecule has 2 unspecified atom stereocenters. The van der Waals surface area contributed by atoms with Gasteiger partial charge in [0.2, 0.25) is 0 Å². The highest BCUT2D eigenvalue weighted by Crippen LogP contribution is 2.41. The predicted octanol–water partition coefficient (Wildman–Crippen LogP) is 4.42. The van der Waals surface area contributed by atoms with Crippen molar-refractivity contribution in [1.29, 1.82) is 0 Å². The maximum absolute atomic E-state index is 6.30. The van der Waals surface area contributed by atoms with Crippen LogP contribution in [0.1, 0.15) is 49.1 Å². The number of para-hydroxylation sites is 1. The molecule has 1 heterocycles. The van der Waals surface area contributed by atoms with Crippen LogP contribution < -0.4 is 10.1 Å². The van der Waals surface area contributed by atoms with E-state index in [0.29, 0.717) is 6.04 Å². The van der Waals surface area contributed by atoms with Crippen LogP contribution in [0.3, 0.4) is 0 Å². The summed E-state index contributed by atoms with van der Waals surface area (Å²) in [5.74, 6) is 1.02. The summed E-state index contributed by atoms with van der Waals surface area (Å²) in [5, 5.41) is 3.60. The molecule has 1 N–H and O–H groups in total. The number of benzene rings is 2. The third-order valence-corrected chi connectivity index (χ3v) is 4.25. The van der Waals surface area contributed by atoms with Gasteiger partial charge in [0.1, 0.15) is 11.9 Å². The molecule has 0 fully saturated rings. The van der Waals surface area contributed by atoms with Crippen molar-refractivity contribution in [2.24, 2.45) is 0 Å². The second-order valence-electron chi connectivity index (χ2n) is 5.54. The molecule has 2 aromatic rings. The molecule has 0 bridgehead atoms. The van der Waals surface area contributed by atoms with Crippen molar-refractivity contribution in [3.63, 3.8) is 0 Å². The summed E-state index contributed by atoms with van der Waals surface area (Å²) < 4.78 is 6.30. The van der Waals surface area contributed by atoms with Gasteiger partial charge in [0.05, 0.1) is 0 Å². The fraction of sp³-hybridized carbons (Fsp3) is 0.368. The van der Waals surface area contributed by atoms with Gasteiger partial charge in [0.25, 0.3) is 0 Å². The fourth-order valence-electron chi connectivity index (χ4n) is 3.22. The van der Waals surface area contributed by atoms with Crippen LogP contribution in [-0.4, -0.2) is 6.54 Å². The lowest BCUT2D eigenvalue weighted by molar-refractivity contribution is 0.151. The highest BCUT2D eigenvalue weighted by Gasteiger charge is 2.29. The number of fused-ring (bicyclic) bond motifs is 1. The van der Waals surface area contributed by atoms with Crippen molar-refractivity contribution in [3.8, 4) is 5.75 Å². The van der Waals surface area contributed by atoms with Gasteiger partial charge < -0.3 is 10.1 Å². The smallest absolute Gasteiger partial charge is 0.126 e. The summed E-state index contributed by atoms with van der Waals surface area (Å²) in [4.78, 5) is 0. The summed E-state index contributed by atoms with van der Waals surface area (Å²) in [6.07, 6.45) is 2.17. The zero-order valence-corrected chi connectivity index (χ0v) is 12.8. The van der Waals surface area contributed by atoms with Crippen LogP contribution >= 0.6 is 0 Å². The third kappa shape index (κ3) is 2.81. The van der Waals surface area contributed by atoms with E-state index in [1.54, 1.807) is 0 Å². The lowest BCUT2D eigenvalue weighted by Crippen LogP contribution is -2.29. The molecule has 0 amide bonds. The molecule has 0 aliphatic carbocycles. The molecule has 2 aromatic carbocycles. The lowest BCUT2D eigenvalue weighted by Gasteiger charge is -2.33. The minimum Gasteiger partial charge on any atom is -0.485 e. The second kappa shape index (κ2) is 6.31. The van der Waals surface area contributed by atoms with E-state index in [4.69, 9.17) is 4.74 Å². The van der Waals surface area contributed by atoms with E-state index < -0.39 is 0 Å². The Morgan fingerprint density at radius 2 is 1.71 bits per heavy atom. The normalized spacial score (nSPS) is 20.7. The largest absolute Gasteiger partial charge is 0.485 e. The van der Waals surface area contributed by atoms with Gasteiger partial charge in [-0.3, -0.25) is 0 Å². The van der Waals surface area contributed by atoms with Gasteiger partial charge in [0.15, 0.2) is 0 Å². The molecule has 0 saturated carbocycles. The Kier molecular flexibility index (Phi) is 4.26. The quantitative estimate of drug-likeness (QED) is 0.895. The molecule has 0 spiro atoms. The minimum atomic E-state index is 0.139. The summed E-state index contributed by atoms with van der Waals surface area (Å²) in [6.45, 7) is 5.34. The Labute approximate surface area is 127 Å². The Balaban J connectivity index is 1.96. The van der Waals surface area contributed by atoms with Crippen molar-refractivity contribution in [2.45, 2.75) is 38.8 Å². The lowest BCUT2D eigenvalue weighted by atomic mass is 9.90. The van der Waals surface area contributed by atoms with E-state index >= 15 is 0 Å². The molecule has 2 atom stereocenters.